The van der Waals surface area contributed by atoms with Crippen molar-refractivity contribution < 1.29 is 4.79 Å². The fourth-order valence-corrected chi connectivity index (χ4v) is 2.67. The van der Waals surface area contributed by atoms with Crippen LogP contribution >= 0.6 is 23.4 Å². The van der Waals surface area contributed by atoms with Crippen molar-refractivity contribution in [2.75, 3.05) is 0 Å². The second kappa shape index (κ2) is 6.61. The highest BCUT2D eigenvalue weighted by Crippen LogP contribution is 2.25. The second-order valence-corrected chi connectivity index (χ2v) is 5.36. The lowest BCUT2D eigenvalue weighted by Crippen LogP contribution is -2.30. The van der Waals surface area contributed by atoms with Gasteiger partial charge in [0.05, 0.1) is 0 Å². The van der Waals surface area contributed by atoms with Crippen molar-refractivity contribution in [3.8, 4) is 0 Å². The average Bonchev–Trinajstić information content (AvgIpc) is 2.46. The molecule has 0 radical (unpaired) electrons. The highest BCUT2D eigenvalue weighted by atomic mass is 35.5. The van der Waals surface area contributed by atoms with E-state index in [0.717, 1.165) is 10.5 Å². The lowest BCUT2D eigenvalue weighted by atomic mass is 10.1. The normalized spacial score (nSPS) is 10.2. The minimum absolute atomic E-state index is 0.271. The number of amides is 1. The Morgan fingerprint density at radius 3 is 2.53 bits per heavy atom. The average molecular weight is 293 g/mol. The number of hydrazine groups is 1. The van der Waals surface area contributed by atoms with E-state index in [2.05, 4.69) is 5.43 Å². The standard InChI is InChI=1S/C14H13ClN2OS/c15-11-5-7-12(8-6-11)19-9-10-3-1-2-4-13(10)14(18)17-16/h1-8H,9,16H2,(H,17,18). The molecule has 0 bridgehead atoms. The zero-order valence-corrected chi connectivity index (χ0v) is 11.7. The van der Waals surface area contributed by atoms with E-state index in [9.17, 15) is 4.79 Å². The maximum atomic E-state index is 11.6. The number of carbonyl (C=O) groups excluding carboxylic acids is 1. The number of nitrogens with two attached hydrogens (primary N) is 1. The summed E-state index contributed by atoms with van der Waals surface area (Å²) in [5.74, 6) is 5.60. The summed E-state index contributed by atoms with van der Waals surface area (Å²) in [6.07, 6.45) is 0. The summed E-state index contributed by atoms with van der Waals surface area (Å²) in [7, 11) is 0. The zero-order valence-electron chi connectivity index (χ0n) is 10.1. The van der Waals surface area contributed by atoms with E-state index >= 15 is 0 Å². The Morgan fingerprint density at radius 1 is 1.16 bits per heavy atom. The fraction of sp³-hybridized carbons (Fsp3) is 0.0714. The van der Waals surface area contributed by atoms with Crippen LogP contribution in [0.5, 0.6) is 0 Å². The molecule has 0 aliphatic carbocycles. The van der Waals surface area contributed by atoms with E-state index in [-0.39, 0.29) is 5.91 Å². The summed E-state index contributed by atoms with van der Waals surface area (Å²) in [6, 6.07) is 15.0. The molecule has 19 heavy (non-hydrogen) atoms. The van der Waals surface area contributed by atoms with Crippen molar-refractivity contribution in [2.45, 2.75) is 10.6 Å². The third-order valence-corrected chi connectivity index (χ3v) is 3.91. The molecule has 0 spiro atoms. The van der Waals surface area contributed by atoms with E-state index in [0.29, 0.717) is 16.3 Å². The van der Waals surface area contributed by atoms with Crippen LogP contribution in [-0.2, 0) is 5.75 Å². The topological polar surface area (TPSA) is 55.1 Å². The first-order valence-electron chi connectivity index (χ1n) is 5.68. The predicted octanol–water partition coefficient (Wildman–Crippen LogP) is 3.24. The molecule has 0 unspecified atom stereocenters. The number of nitrogens with one attached hydrogen (secondary N) is 1. The number of nitrogen functional groups attached to an aromatic ring is 1. The molecular weight excluding hydrogens is 280 g/mol. The lowest BCUT2D eigenvalue weighted by Gasteiger charge is -2.08. The van der Waals surface area contributed by atoms with Crippen LogP contribution in [0.2, 0.25) is 5.02 Å². The number of hydrogen-bond donors (Lipinski definition) is 2. The van der Waals surface area contributed by atoms with Crippen molar-refractivity contribution in [3.05, 3.63) is 64.7 Å². The van der Waals surface area contributed by atoms with Gasteiger partial charge in [0.15, 0.2) is 0 Å². The number of hydrogen-bond acceptors (Lipinski definition) is 3. The Kier molecular flexibility index (Phi) is 4.85. The molecule has 0 saturated carbocycles. The van der Waals surface area contributed by atoms with Gasteiger partial charge in [-0.1, -0.05) is 29.8 Å². The predicted molar refractivity (Wildman–Crippen MR) is 79.1 cm³/mol. The van der Waals surface area contributed by atoms with Gasteiger partial charge in [-0.25, -0.2) is 5.84 Å². The molecule has 3 N–H and O–H groups in total. The first-order chi connectivity index (χ1) is 9.20. The van der Waals surface area contributed by atoms with Crippen LogP contribution in [-0.4, -0.2) is 5.91 Å². The molecule has 0 heterocycles. The van der Waals surface area contributed by atoms with E-state index in [4.69, 9.17) is 17.4 Å². The fourth-order valence-electron chi connectivity index (χ4n) is 1.64. The molecule has 5 heteroatoms. The molecular formula is C14H13ClN2OS. The van der Waals surface area contributed by atoms with Crippen LogP contribution < -0.4 is 11.3 Å². The van der Waals surface area contributed by atoms with E-state index in [1.54, 1.807) is 17.8 Å². The van der Waals surface area contributed by atoms with E-state index < -0.39 is 0 Å². The van der Waals surface area contributed by atoms with Crippen molar-refractivity contribution in [1.82, 2.24) is 5.43 Å². The molecule has 3 nitrogen and oxygen atoms in total. The van der Waals surface area contributed by atoms with Gasteiger partial charge in [-0.3, -0.25) is 10.2 Å². The van der Waals surface area contributed by atoms with Crippen LogP contribution in [0, 0.1) is 0 Å². The smallest absolute Gasteiger partial charge is 0.265 e. The number of thioether (sulfide) groups is 1. The molecule has 0 atom stereocenters. The number of benzene rings is 2. The monoisotopic (exact) mass is 292 g/mol. The maximum Gasteiger partial charge on any atom is 0.265 e. The summed E-state index contributed by atoms with van der Waals surface area (Å²) in [4.78, 5) is 12.7. The Bertz CT molecular complexity index is 572. The number of carbonyl (C=O) groups is 1. The summed E-state index contributed by atoms with van der Waals surface area (Å²) in [5.41, 5.74) is 3.71. The summed E-state index contributed by atoms with van der Waals surface area (Å²) in [5, 5.41) is 0.715. The van der Waals surface area contributed by atoms with Gasteiger partial charge in [0.25, 0.3) is 5.91 Å². The van der Waals surface area contributed by atoms with Gasteiger partial charge in [-0.2, -0.15) is 0 Å². The van der Waals surface area contributed by atoms with Gasteiger partial charge >= 0.3 is 0 Å². The van der Waals surface area contributed by atoms with E-state index in [1.165, 1.54) is 0 Å². The summed E-state index contributed by atoms with van der Waals surface area (Å²) >= 11 is 7.48. The number of rotatable bonds is 4. The molecule has 1 amide bonds. The molecule has 0 aliphatic heterocycles. The van der Waals surface area contributed by atoms with Crippen LogP contribution in [0.1, 0.15) is 15.9 Å². The van der Waals surface area contributed by atoms with Gasteiger partial charge in [0, 0.05) is 21.2 Å². The second-order valence-electron chi connectivity index (χ2n) is 3.87. The quantitative estimate of drug-likeness (QED) is 0.394. The highest BCUT2D eigenvalue weighted by Gasteiger charge is 2.09. The third-order valence-electron chi connectivity index (χ3n) is 2.60. The van der Waals surface area contributed by atoms with Gasteiger partial charge in [-0.15, -0.1) is 11.8 Å². The lowest BCUT2D eigenvalue weighted by molar-refractivity contribution is 0.0953. The first-order valence-corrected chi connectivity index (χ1v) is 7.04. The Labute approximate surface area is 121 Å². The third kappa shape index (κ3) is 3.73. The zero-order chi connectivity index (χ0) is 13.7. The molecule has 2 aromatic carbocycles. The van der Waals surface area contributed by atoms with Gasteiger partial charge in [0.2, 0.25) is 0 Å². The molecule has 2 aromatic rings. The van der Waals surface area contributed by atoms with Crippen molar-refractivity contribution >= 4 is 29.3 Å². The largest absolute Gasteiger partial charge is 0.290 e. The minimum Gasteiger partial charge on any atom is -0.290 e. The maximum absolute atomic E-state index is 11.6. The molecule has 0 saturated heterocycles. The number of halogens is 1. The molecule has 2 rings (SSSR count). The molecule has 98 valence electrons. The first kappa shape index (κ1) is 13.9. The van der Waals surface area contributed by atoms with Gasteiger partial charge < -0.3 is 0 Å². The molecule has 0 aromatic heterocycles. The summed E-state index contributed by atoms with van der Waals surface area (Å²) in [6.45, 7) is 0. The molecule has 0 aliphatic rings. The summed E-state index contributed by atoms with van der Waals surface area (Å²) < 4.78 is 0. The van der Waals surface area contributed by atoms with Gasteiger partial charge in [0.1, 0.15) is 0 Å². The molecule has 0 fully saturated rings. The van der Waals surface area contributed by atoms with Crippen molar-refractivity contribution in [2.24, 2.45) is 5.84 Å². The Hall–Kier alpha value is -1.49. The van der Waals surface area contributed by atoms with Crippen molar-refractivity contribution in [1.29, 1.82) is 0 Å². The van der Waals surface area contributed by atoms with Crippen LogP contribution in [0.15, 0.2) is 53.4 Å². The van der Waals surface area contributed by atoms with Gasteiger partial charge in [-0.05, 0) is 35.9 Å². The Balaban J connectivity index is 2.11. The highest BCUT2D eigenvalue weighted by molar-refractivity contribution is 7.98. The van der Waals surface area contributed by atoms with Crippen LogP contribution in [0.3, 0.4) is 0 Å². The SMILES string of the molecule is NNC(=O)c1ccccc1CSc1ccc(Cl)cc1. The van der Waals surface area contributed by atoms with E-state index in [1.807, 2.05) is 42.5 Å². The Morgan fingerprint density at radius 2 is 1.84 bits per heavy atom. The minimum atomic E-state index is -0.271. The van der Waals surface area contributed by atoms with Crippen LogP contribution in [0.4, 0.5) is 0 Å². The van der Waals surface area contributed by atoms with Crippen molar-refractivity contribution in [3.63, 3.8) is 0 Å². The van der Waals surface area contributed by atoms with Crippen LogP contribution in [0.25, 0.3) is 0 Å².